The van der Waals surface area contributed by atoms with Gasteiger partial charge in [0.1, 0.15) is 5.69 Å². The lowest BCUT2D eigenvalue weighted by Crippen LogP contribution is -2.03. The van der Waals surface area contributed by atoms with Crippen LogP contribution < -0.4 is 0 Å². The van der Waals surface area contributed by atoms with E-state index >= 15 is 0 Å². The molecule has 0 fully saturated rings. The van der Waals surface area contributed by atoms with Gasteiger partial charge >= 0.3 is 5.97 Å². The zero-order valence-corrected chi connectivity index (χ0v) is 7.24. The Morgan fingerprint density at radius 2 is 2.38 bits per heavy atom. The molecule has 0 saturated heterocycles. The summed E-state index contributed by atoms with van der Waals surface area (Å²) >= 11 is 0. The molecular formula is C9H11NO3. The first kappa shape index (κ1) is 8.31. The number of carboxylic acids is 1. The fourth-order valence-corrected chi connectivity index (χ4v) is 1.80. The van der Waals surface area contributed by atoms with Gasteiger partial charge in [0.15, 0.2) is 0 Å². The first-order valence-corrected chi connectivity index (χ1v) is 4.22. The topological polar surface area (TPSA) is 73.3 Å². The monoisotopic (exact) mass is 181 g/mol. The van der Waals surface area contributed by atoms with E-state index in [1.54, 1.807) is 0 Å². The molecule has 13 heavy (non-hydrogen) atoms. The quantitative estimate of drug-likeness (QED) is 0.603. The van der Waals surface area contributed by atoms with Gasteiger partial charge < -0.3 is 15.2 Å². The molecule has 1 aromatic heterocycles. The fraction of sp³-hybridized carbons (Fsp3) is 0.444. The van der Waals surface area contributed by atoms with Crippen LogP contribution >= 0.6 is 0 Å². The van der Waals surface area contributed by atoms with E-state index in [-0.39, 0.29) is 11.6 Å². The molecule has 0 bridgehead atoms. The molecule has 3 N–H and O–H groups in total. The van der Waals surface area contributed by atoms with Crippen molar-refractivity contribution in [2.75, 3.05) is 0 Å². The summed E-state index contributed by atoms with van der Waals surface area (Å²) in [4.78, 5) is 13.4. The standard InChI is InChI=1S/C9H11NO3/c1-4-2-6-5(8(4)11)3-7(10-6)9(12)13/h3-4,8,10-11H,2H2,1H3,(H,12,13). The lowest BCUT2D eigenvalue weighted by Gasteiger charge is -2.07. The van der Waals surface area contributed by atoms with Gasteiger partial charge in [-0.2, -0.15) is 0 Å². The van der Waals surface area contributed by atoms with Gasteiger partial charge in [-0.05, 0) is 18.4 Å². The molecule has 2 rings (SSSR count). The first-order valence-electron chi connectivity index (χ1n) is 4.22. The minimum atomic E-state index is -0.978. The second-order valence-corrected chi connectivity index (χ2v) is 3.55. The van der Waals surface area contributed by atoms with E-state index in [1.807, 2.05) is 6.92 Å². The Labute approximate surface area is 75.2 Å². The second kappa shape index (κ2) is 2.60. The third kappa shape index (κ3) is 1.14. The Bertz CT molecular complexity index is 356. The van der Waals surface area contributed by atoms with Crippen LogP contribution in [0.3, 0.4) is 0 Å². The normalized spacial score (nSPS) is 26.0. The number of aliphatic hydroxyl groups is 1. The van der Waals surface area contributed by atoms with Crippen LogP contribution in [0, 0.1) is 5.92 Å². The highest BCUT2D eigenvalue weighted by atomic mass is 16.4. The van der Waals surface area contributed by atoms with Crippen molar-refractivity contribution in [1.29, 1.82) is 0 Å². The maximum Gasteiger partial charge on any atom is 0.352 e. The van der Waals surface area contributed by atoms with Crippen molar-refractivity contribution < 1.29 is 15.0 Å². The molecule has 4 heteroatoms. The zero-order valence-electron chi connectivity index (χ0n) is 7.24. The molecule has 4 nitrogen and oxygen atoms in total. The van der Waals surface area contributed by atoms with E-state index in [0.29, 0.717) is 0 Å². The number of nitrogens with one attached hydrogen (secondary N) is 1. The summed E-state index contributed by atoms with van der Waals surface area (Å²) in [5, 5.41) is 18.3. The van der Waals surface area contributed by atoms with Crippen molar-refractivity contribution in [3.63, 3.8) is 0 Å². The summed E-state index contributed by atoms with van der Waals surface area (Å²) < 4.78 is 0. The summed E-state index contributed by atoms with van der Waals surface area (Å²) in [5.74, 6) is -0.793. The van der Waals surface area contributed by atoms with Crippen molar-refractivity contribution in [2.24, 2.45) is 5.92 Å². The molecule has 0 aromatic carbocycles. The number of aliphatic hydroxyl groups excluding tert-OH is 1. The van der Waals surface area contributed by atoms with Crippen LogP contribution in [-0.2, 0) is 6.42 Å². The van der Waals surface area contributed by atoms with Gasteiger partial charge in [0.2, 0.25) is 0 Å². The number of carbonyl (C=O) groups is 1. The molecular weight excluding hydrogens is 170 g/mol. The smallest absolute Gasteiger partial charge is 0.352 e. The Balaban J connectivity index is 2.40. The molecule has 0 aliphatic heterocycles. The zero-order chi connectivity index (χ0) is 9.59. The van der Waals surface area contributed by atoms with E-state index in [0.717, 1.165) is 17.7 Å². The van der Waals surface area contributed by atoms with Gasteiger partial charge in [-0.15, -0.1) is 0 Å². The molecule has 1 heterocycles. The van der Waals surface area contributed by atoms with Crippen LogP contribution in [0.25, 0.3) is 0 Å². The third-order valence-electron chi connectivity index (χ3n) is 2.55. The van der Waals surface area contributed by atoms with Crippen LogP contribution in [0.4, 0.5) is 0 Å². The lowest BCUT2D eigenvalue weighted by atomic mass is 10.1. The van der Waals surface area contributed by atoms with E-state index < -0.39 is 12.1 Å². The number of carboxylic acid groups (broad SMARTS) is 1. The third-order valence-corrected chi connectivity index (χ3v) is 2.55. The summed E-state index contributed by atoms with van der Waals surface area (Å²) in [5.41, 5.74) is 1.76. The van der Waals surface area contributed by atoms with Crippen LogP contribution in [0.5, 0.6) is 0 Å². The minimum absolute atomic E-state index is 0.163. The number of hydrogen-bond donors (Lipinski definition) is 3. The molecule has 70 valence electrons. The summed E-state index contributed by atoms with van der Waals surface area (Å²) in [6.07, 6.45) is 0.211. The summed E-state index contributed by atoms with van der Waals surface area (Å²) in [6, 6.07) is 1.52. The average molecular weight is 181 g/mol. The van der Waals surface area contributed by atoms with Crippen molar-refractivity contribution in [3.05, 3.63) is 23.0 Å². The molecule has 1 aliphatic carbocycles. The predicted octanol–water partition coefficient (Wildman–Crippen LogP) is 0.938. The Hall–Kier alpha value is -1.29. The van der Waals surface area contributed by atoms with Crippen LogP contribution in [0.15, 0.2) is 6.07 Å². The van der Waals surface area contributed by atoms with E-state index in [2.05, 4.69) is 4.98 Å². The Morgan fingerprint density at radius 1 is 1.69 bits per heavy atom. The van der Waals surface area contributed by atoms with Gasteiger partial charge in [0.25, 0.3) is 0 Å². The van der Waals surface area contributed by atoms with Crippen molar-refractivity contribution in [2.45, 2.75) is 19.4 Å². The van der Waals surface area contributed by atoms with Crippen LogP contribution in [0.2, 0.25) is 0 Å². The maximum absolute atomic E-state index is 10.6. The van der Waals surface area contributed by atoms with Gasteiger partial charge in [-0.3, -0.25) is 0 Å². The number of aromatic amines is 1. The number of aromatic nitrogens is 1. The fourth-order valence-electron chi connectivity index (χ4n) is 1.80. The molecule has 0 spiro atoms. The van der Waals surface area contributed by atoms with Crippen molar-refractivity contribution in [3.8, 4) is 0 Å². The lowest BCUT2D eigenvalue weighted by molar-refractivity contribution is 0.0690. The van der Waals surface area contributed by atoms with Gasteiger partial charge in [0, 0.05) is 11.3 Å². The molecule has 2 unspecified atom stereocenters. The van der Waals surface area contributed by atoms with E-state index in [9.17, 15) is 9.90 Å². The molecule has 0 saturated carbocycles. The van der Waals surface area contributed by atoms with Crippen molar-refractivity contribution in [1.82, 2.24) is 4.98 Å². The molecule has 1 aliphatic rings. The number of fused-ring (bicyclic) bond motifs is 1. The molecule has 0 amide bonds. The first-order chi connectivity index (χ1) is 6.09. The highest BCUT2D eigenvalue weighted by Crippen LogP contribution is 2.35. The van der Waals surface area contributed by atoms with Gasteiger partial charge in [0.05, 0.1) is 6.10 Å². The highest BCUT2D eigenvalue weighted by molar-refractivity contribution is 5.86. The number of H-pyrrole nitrogens is 1. The summed E-state index contributed by atoms with van der Waals surface area (Å²) in [6.45, 7) is 1.94. The molecule has 0 radical (unpaired) electrons. The van der Waals surface area contributed by atoms with E-state index in [4.69, 9.17) is 5.11 Å². The number of aromatic carboxylic acids is 1. The minimum Gasteiger partial charge on any atom is -0.477 e. The highest BCUT2D eigenvalue weighted by Gasteiger charge is 2.30. The average Bonchev–Trinajstić information content (AvgIpc) is 2.55. The second-order valence-electron chi connectivity index (χ2n) is 3.55. The number of rotatable bonds is 1. The Morgan fingerprint density at radius 3 is 2.92 bits per heavy atom. The van der Waals surface area contributed by atoms with Crippen LogP contribution in [-0.4, -0.2) is 21.2 Å². The predicted molar refractivity (Wildman–Crippen MR) is 45.6 cm³/mol. The van der Waals surface area contributed by atoms with Gasteiger partial charge in [-0.25, -0.2) is 4.79 Å². The van der Waals surface area contributed by atoms with Crippen molar-refractivity contribution >= 4 is 5.97 Å². The van der Waals surface area contributed by atoms with E-state index in [1.165, 1.54) is 6.07 Å². The largest absolute Gasteiger partial charge is 0.477 e. The molecule has 1 aromatic rings. The number of hydrogen-bond acceptors (Lipinski definition) is 2. The SMILES string of the molecule is CC1Cc2[nH]c(C(=O)O)cc2C1O. The summed E-state index contributed by atoms with van der Waals surface area (Å²) in [7, 11) is 0. The van der Waals surface area contributed by atoms with Crippen LogP contribution in [0.1, 0.15) is 34.8 Å². The van der Waals surface area contributed by atoms with Gasteiger partial charge in [-0.1, -0.05) is 6.92 Å². The Kier molecular flexibility index (Phi) is 1.66. The molecule has 2 atom stereocenters. The maximum atomic E-state index is 10.6.